The molecular formula is C25H34Cl2FN3O2. The fraction of sp³-hybridized carbons (Fsp3) is 0.480. The average molecular weight is 498 g/mol. The van der Waals surface area contributed by atoms with Crippen LogP contribution < -0.4 is 11.5 Å². The van der Waals surface area contributed by atoms with Gasteiger partial charge in [-0.25, -0.2) is 4.39 Å². The molecule has 1 heterocycles. The molecular weight excluding hydrogens is 464 g/mol. The summed E-state index contributed by atoms with van der Waals surface area (Å²) in [7, 11) is 0. The van der Waals surface area contributed by atoms with E-state index in [2.05, 4.69) is 4.90 Å². The van der Waals surface area contributed by atoms with E-state index < -0.39 is 0 Å². The summed E-state index contributed by atoms with van der Waals surface area (Å²) in [6.45, 7) is 2.98. The minimum Gasteiger partial charge on any atom is -0.399 e. The molecule has 8 heteroatoms. The number of likely N-dealkylation sites (tertiary alicyclic amines) is 1. The number of nitrogens with two attached hydrogens (primary N) is 2. The summed E-state index contributed by atoms with van der Waals surface area (Å²) in [6, 6.07) is 12.2. The first-order valence-corrected chi connectivity index (χ1v) is 12.0. The van der Waals surface area contributed by atoms with Gasteiger partial charge < -0.3 is 21.4 Å². The number of anilines is 1. The second kappa shape index (κ2) is 13.9. The van der Waals surface area contributed by atoms with Crippen molar-refractivity contribution in [3.05, 3.63) is 63.9 Å². The predicted octanol–water partition coefficient (Wildman–Crippen LogP) is 5.23. The number of aliphatic hydroxyl groups excluding tert-OH is 1. The molecule has 1 aliphatic carbocycles. The molecule has 1 saturated carbocycles. The van der Waals surface area contributed by atoms with Crippen molar-refractivity contribution in [2.75, 3.05) is 18.9 Å². The summed E-state index contributed by atoms with van der Waals surface area (Å²) in [5.74, 6) is 0.159. The molecule has 5 N–H and O–H groups in total. The van der Waals surface area contributed by atoms with Crippen molar-refractivity contribution in [2.45, 2.75) is 56.7 Å². The van der Waals surface area contributed by atoms with Crippen LogP contribution in [0.2, 0.25) is 10.0 Å². The molecule has 0 radical (unpaired) electrons. The lowest BCUT2D eigenvalue weighted by atomic mass is 9.88. The fourth-order valence-corrected chi connectivity index (χ4v) is 5.17. The minimum atomic E-state index is -0.370. The maximum atomic E-state index is 14.4. The molecule has 33 heavy (non-hydrogen) atoms. The summed E-state index contributed by atoms with van der Waals surface area (Å²) in [5.41, 5.74) is 13.1. The van der Waals surface area contributed by atoms with E-state index in [4.69, 9.17) is 39.5 Å². The van der Waals surface area contributed by atoms with Gasteiger partial charge in [-0.15, -0.1) is 0 Å². The van der Waals surface area contributed by atoms with E-state index in [1.165, 1.54) is 32.1 Å². The third-order valence-corrected chi connectivity index (χ3v) is 6.95. The highest BCUT2D eigenvalue weighted by Crippen LogP contribution is 2.39. The number of hydrogen-bond donors (Lipinski definition) is 3. The van der Waals surface area contributed by atoms with Crippen molar-refractivity contribution < 1.29 is 14.3 Å². The molecule has 2 aromatic rings. The predicted molar refractivity (Wildman–Crippen MR) is 134 cm³/mol. The van der Waals surface area contributed by atoms with Gasteiger partial charge >= 0.3 is 0 Å². The molecule has 5 nitrogen and oxygen atoms in total. The van der Waals surface area contributed by atoms with Crippen molar-refractivity contribution in [1.29, 1.82) is 0 Å². The zero-order valence-corrected chi connectivity index (χ0v) is 20.3. The van der Waals surface area contributed by atoms with Gasteiger partial charge in [0.15, 0.2) is 0 Å². The van der Waals surface area contributed by atoms with Crippen LogP contribution in [0, 0.1) is 11.7 Å². The molecule has 0 aromatic heterocycles. The normalized spacial score (nSPS) is 23.2. The van der Waals surface area contributed by atoms with E-state index in [1.807, 2.05) is 12.9 Å². The molecule has 3 atom stereocenters. The highest BCUT2D eigenvalue weighted by atomic mass is 35.5. The molecule has 0 bridgehead atoms. The summed E-state index contributed by atoms with van der Waals surface area (Å²) in [6.07, 6.45) is 6.77. The number of hydrogen-bond acceptors (Lipinski definition) is 5. The maximum Gasteiger partial charge on any atom is 0.145 e. The van der Waals surface area contributed by atoms with Gasteiger partial charge in [0.25, 0.3) is 0 Å². The number of nitrogens with zero attached hydrogens (tertiary/aromatic N) is 1. The lowest BCUT2D eigenvalue weighted by Gasteiger charge is -2.33. The third kappa shape index (κ3) is 7.66. The van der Waals surface area contributed by atoms with Gasteiger partial charge in [0.2, 0.25) is 0 Å². The molecule has 2 aromatic carbocycles. The van der Waals surface area contributed by atoms with E-state index >= 15 is 0 Å². The fourth-order valence-electron chi connectivity index (χ4n) is 4.78. The van der Waals surface area contributed by atoms with Crippen molar-refractivity contribution in [3.8, 4) is 0 Å². The lowest BCUT2D eigenvalue weighted by molar-refractivity contribution is -0.0979. The van der Waals surface area contributed by atoms with E-state index in [9.17, 15) is 9.50 Å². The number of nitrogen functional groups attached to an aromatic ring is 1. The second-order valence-corrected chi connectivity index (χ2v) is 9.41. The number of aliphatic hydroxyl groups is 1. The molecule has 4 rings (SSSR count). The number of carbonyl (C=O) groups is 1. The van der Waals surface area contributed by atoms with Crippen LogP contribution in [0.4, 0.5) is 10.1 Å². The van der Waals surface area contributed by atoms with Gasteiger partial charge in [0.05, 0.1) is 17.8 Å². The zero-order valence-electron chi connectivity index (χ0n) is 18.8. The van der Waals surface area contributed by atoms with Gasteiger partial charge in [-0.1, -0.05) is 60.7 Å². The monoisotopic (exact) mass is 497 g/mol. The first-order valence-electron chi connectivity index (χ1n) is 11.3. The molecule has 1 aliphatic heterocycles. The Bertz CT molecular complexity index is 850. The third-order valence-electron chi connectivity index (χ3n) is 6.42. The minimum absolute atomic E-state index is 0.00954. The van der Waals surface area contributed by atoms with E-state index in [1.54, 1.807) is 36.4 Å². The number of carbonyl (C=O) groups excluding carboxylic acids is 1. The van der Waals surface area contributed by atoms with Crippen molar-refractivity contribution in [3.63, 3.8) is 0 Å². The Hall–Kier alpha value is -1.70. The van der Waals surface area contributed by atoms with Crippen LogP contribution >= 0.6 is 23.2 Å². The second-order valence-electron chi connectivity index (χ2n) is 8.57. The maximum absolute atomic E-state index is 14.4. The first-order chi connectivity index (χ1) is 15.9. The Morgan fingerprint density at radius 3 is 2.33 bits per heavy atom. The zero-order chi connectivity index (χ0) is 24.4. The van der Waals surface area contributed by atoms with Gasteiger partial charge in [-0.2, -0.15) is 0 Å². The Morgan fingerprint density at radius 2 is 1.76 bits per heavy atom. The van der Waals surface area contributed by atoms with Gasteiger partial charge in [0.1, 0.15) is 12.6 Å². The summed E-state index contributed by atoms with van der Waals surface area (Å²) >= 11 is 11.5. The molecule has 182 valence electrons. The standard InChI is InChI=1S/C18H26ClFN2O.C6H6ClN.CH2O/c19-16-8-4-7-14(17(16)20)15-9-13(11-23)22(18(15)21)10-12-5-2-1-3-6-12;7-5-2-1-3-6(8)4-5;1-2/h4,7-8,12-13,15,18,23H,1-3,5-6,9-11,21H2;1-4H,8H2;1H2/t13-,15?,18?;;/m1../s1. The number of benzene rings is 2. The van der Waals surface area contributed by atoms with Crippen LogP contribution in [0.1, 0.15) is 50.0 Å². The molecule has 2 fully saturated rings. The molecule has 0 amide bonds. The highest BCUT2D eigenvalue weighted by molar-refractivity contribution is 6.31. The molecule has 2 aliphatic rings. The quantitative estimate of drug-likeness (QED) is 0.502. The highest BCUT2D eigenvalue weighted by Gasteiger charge is 2.41. The van der Waals surface area contributed by atoms with Gasteiger partial charge in [-0.3, -0.25) is 4.90 Å². The van der Waals surface area contributed by atoms with E-state index in [0.717, 1.165) is 6.54 Å². The lowest BCUT2D eigenvalue weighted by Crippen LogP contribution is -2.47. The summed E-state index contributed by atoms with van der Waals surface area (Å²) in [5, 5.41) is 10.6. The van der Waals surface area contributed by atoms with Crippen LogP contribution in [0.5, 0.6) is 0 Å². The van der Waals surface area contributed by atoms with Crippen molar-refractivity contribution >= 4 is 35.7 Å². The van der Waals surface area contributed by atoms with Crippen LogP contribution in [-0.4, -0.2) is 42.2 Å². The topological polar surface area (TPSA) is 92.6 Å². The summed E-state index contributed by atoms with van der Waals surface area (Å²) < 4.78 is 14.4. The van der Waals surface area contributed by atoms with Crippen molar-refractivity contribution in [1.82, 2.24) is 4.90 Å². The largest absolute Gasteiger partial charge is 0.399 e. The van der Waals surface area contributed by atoms with Crippen molar-refractivity contribution in [2.24, 2.45) is 11.7 Å². The average Bonchev–Trinajstić information content (AvgIpc) is 3.13. The molecule has 2 unspecified atom stereocenters. The van der Waals surface area contributed by atoms with Gasteiger partial charge in [0, 0.05) is 29.2 Å². The van der Waals surface area contributed by atoms with Crippen LogP contribution in [0.15, 0.2) is 42.5 Å². The summed E-state index contributed by atoms with van der Waals surface area (Å²) in [4.78, 5) is 10.2. The smallest absolute Gasteiger partial charge is 0.145 e. The number of rotatable bonds is 4. The SMILES string of the molecule is C=O.NC1C(c2cccc(Cl)c2F)C[C@H](CO)N1CC1CCCCC1.Nc1cccc(Cl)c1. The van der Waals surface area contributed by atoms with Crippen LogP contribution in [-0.2, 0) is 4.79 Å². The number of halogens is 3. The Balaban J connectivity index is 0.000000323. The van der Waals surface area contributed by atoms with Crippen LogP contribution in [0.3, 0.4) is 0 Å². The molecule has 0 spiro atoms. The van der Waals surface area contributed by atoms with E-state index in [0.29, 0.717) is 28.6 Å². The van der Waals surface area contributed by atoms with E-state index in [-0.39, 0.29) is 35.6 Å². The Kier molecular flexibility index (Phi) is 11.6. The first kappa shape index (κ1) is 27.5. The molecule has 1 saturated heterocycles. The van der Waals surface area contributed by atoms with Gasteiger partial charge in [-0.05, 0) is 55.0 Å². The Labute approximate surface area is 205 Å². The Morgan fingerprint density at radius 1 is 1.09 bits per heavy atom. The van der Waals surface area contributed by atoms with Crippen LogP contribution in [0.25, 0.3) is 0 Å².